The van der Waals surface area contributed by atoms with Crippen LogP contribution in [0.4, 0.5) is 10.1 Å². The van der Waals surface area contributed by atoms with E-state index in [1.165, 1.54) is 41.2 Å². The molecule has 1 N–H and O–H groups in total. The molecular weight excluding hydrogens is 373 g/mol. The van der Waals surface area contributed by atoms with E-state index in [0.717, 1.165) is 6.42 Å². The largest absolute Gasteiger partial charge is 0.381 e. The SMILES string of the molecule is Cc1cc(NC(=O)c2cc(S(=O)(=O)/N=C/C3CCOC3)cn2C)ccc1F. The van der Waals surface area contributed by atoms with Crippen molar-refractivity contribution in [1.29, 1.82) is 0 Å². The van der Waals surface area contributed by atoms with Gasteiger partial charge in [0.05, 0.1) is 6.61 Å². The zero-order valence-corrected chi connectivity index (χ0v) is 15.8. The Labute approximate surface area is 156 Å². The first-order valence-corrected chi connectivity index (χ1v) is 9.82. The monoisotopic (exact) mass is 393 g/mol. The number of rotatable bonds is 5. The molecule has 7 nitrogen and oxygen atoms in total. The molecule has 2 heterocycles. The number of hydrogen-bond donors (Lipinski definition) is 1. The number of carbonyl (C=O) groups excluding carboxylic acids is 1. The lowest BCUT2D eigenvalue weighted by molar-refractivity contribution is 0.101. The van der Waals surface area contributed by atoms with Crippen LogP contribution in [0.2, 0.25) is 0 Å². The summed E-state index contributed by atoms with van der Waals surface area (Å²) in [7, 11) is -2.34. The number of benzene rings is 1. The molecule has 9 heteroatoms. The number of sulfonamides is 1. The van der Waals surface area contributed by atoms with Gasteiger partial charge in [0.1, 0.15) is 16.4 Å². The van der Waals surface area contributed by atoms with Crippen LogP contribution in [-0.4, -0.2) is 38.3 Å². The zero-order chi connectivity index (χ0) is 19.6. The highest BCUT2D eigenvalue weighted by molar-refractivity contribution is 7.90. The molecule has 0 saturated carbocycles. The van der Waals surface area contributed by atoms with Crippen LogP contribution in [0.25, 0.3) is 0 Å². The fourth-order valence-corrected chi connectivity index (χ4v) is 3.72. The van der Waals surface area contributed by atoms with Crippen molar-refractivity contribution in [1.82, 2.24) is 4.57 Å². The van der Waals surface area contributed by atoms with Crippen LogP contribution in [0, 0.1) is 18.7 Å². The number of anilines is 1. The molecule has 1 fully saturated rings. The van der Waals surface area contributed by atoms with Crippen LogP contribution in [0.1, 0.15) is 22.5 Å². The number of hydrogen-bond acceptors (Lipinski definition) is 4. The van der Waals surface area contributed by atoms with Gasteiger partial charge in [0.15, 0.2) is 0 Å². The summed E-state index contributed by atoms with van der Waals surface area (Å²) < 4.78 is 48.4. The van der Waals surface area contributed by atoms with E-state index >= 15 is 0 Å². The molecule has 1 aromatic heterocycles. The predicted octanol–water partition coefficient (Wildman–Crippen LogP) is 2.52. The average Bonchev–Trinajstić information content (AvgIpc) is 3.26. The molecule has 0 aliphatic carbocycles. The van der Waals surface area contributed by atoms with Gasteiger partial charge in [-0.2, -0.15) is 12.8 Å². The number of nitrogens with one attached hydrogen (secondary N) is 1. The van der Waals surface area contributed by atoms with Gasteiger partial charge in [0, 0.05) is 37.7 Å². The third-order valence-electron chi connectivity index (χ3n) is 4.30. The Hall–Kier alpha value is -2.52. The molecule has 3 rings (SSSR count). The molecular formula is C18H20FN3O4S. The van der Waals surface area contributed by atoms with Gasteiger partial charge in [-0.25, -0.2) is 4.39 Å². The van der Waals surface area contributed by atoms with E-state index in [1.807, 2.05) is 0 Å². The molecule has 0 bridgehead atoms. The fraction of sp³-hybridized carbons (Fsp3) is 0.333. The van der Waals surface area contributed by atoms with Gasteiger partial charge in [-0.1, -0.05) is 0 Å². The van der Waals surface area contributed by atoms with Crippen molar-refractivity contribution in [3.63, 3.8) is 0 Å². The molecule has 2 aromatic rings. The molecule has 1 amide bonds. The predicted molar refractivity (Wildman–Crippen MR) is 99.1 cm³/mol. The maximum absolute atomic E-state index is 13.3. The molecule has 1 aromatic carbocycles. The molecule has 1 unspecified atom stereocenters. The normalized spacial score (nSPS) is 17.5. The Morgan fingerprint density at radius 3 is 2.85 bits per heavy atom. The lowest BCUT2D eigenvalue weighted by Crippen LogP contribution is -2.15. The summed E-state index contributed by atoms with van der Waals surface area (Å²) in [5.41, 5.74) is 0.965. The highest BCUT2D eigenvalue weighted by atomic mass is 32.2. The fourth-order valence-electron chi connectivity index (χ4n) is 2.72. The first kappa shape index (κ1) is 19.2. The van der Waals surface area contributed by atoms with Gasteiger partial charge in [-0.15, -0.1) is 0 Å². The van der Waals surface area contributed by atoms with Gasteiger partial charge in [0.2, 0.25) is 0 Å². The summed E-state index contributed by atoms with van der Waals surface area (Å²) in [5, 5.41) is 2.63. The van der Waals surface area contributed by atoms with E-state index in [4.69, 9.17) is 4.74 Å². The quantitative estimate of drug-likeness (QED) is 0.791. The zero-order valence-electron chi connectivity index (χ0n) is 15.0. The average molecular weight is 393 g/mol. The van der Waals surface area contributed by atoms with Crippen LogP contribution in [-0.2, 0) is 21.8 Å². The minimum atomic E-state index is -3.90. The van der Waals surface area contributed by atoms with Crippen molar-refractivity contribution < 1.29 is 22.3 Å². The van der Waals surface area contributed by atoms with Gasteiger partial charge in [-0.3, -0.25) is 4.79 Å². The third kappa shape index (κ3) is 4.42. The van der Waals surface area contributed by atoms with Crippen molar-refractivity contribution in [3.05, 3.63) is 47.5 Å². The minimum Gasteiger partial charge on any atom is -0.381 e. The molecule has 27 heavy (non-hydrogen) atoms. The Morgan fingerprint density at radius 2 is 2.19 bits per heavy atom. The lowest BCUT2D eigenvalue weighted by Gasteiger charge is -2.07. The van der Waals surface area contributed by atoms with Crippen LogP contribution in [0.15, 0.2) is 39.8 Å². The molecule has 1 atom stereocenters. The number of aryl methyl sites for hydroxylation is 2. The van der Waals surface area contributed by atoms with E-state index in [9.17, 15) is 17.6 Å². The Kier molecular flexibility index (Phi) is 5.43. The van der Waals surface area contributed by atoms with Crippen molar-refractivity contribution in [3.8, 4) is 0 Å². The van der Waals surface area contributed by atoms with Gasteiger partial charge >= 0.3 is 0 Å². The Bertz CT molecular complexity index is 992. The standard InChI is InChI=1S/C18H20FN3O4S/c1-12-7-14(3-4-16(12)19)21-18(23)17-8-15(10-22(17)2)27(24,25)20-9-13-5-6-26-11-13/h3-4,7-10,13H,5-6,11H2,1-2H3,(H,21,23)/b20-9+. The number of aromatic nitrogens is 1. The van der Waals surface area contributed by atoms with Crippen molar-refractivity contribution in [2.45, 2.75) is 18.2 Å². The summed E-state index contributed by atoms with van der Waals surface area (Å²) in [6.45, 7) is 2.64. The first-order valence-electron chi connectivity index (χ1n) is 8.38. The highest BCUT2D eigenvalue weighted by Gasteiger charge is 2.21. The van der Waals surface area contributed by atoms with Crippen LogP contribution < -0.4 is 5.32 Å². The van der Waals surface area contributed by atoms with Crippen LogP contribution in [0.5, 0.6) is 0 Å². The molecule has 1 aliphatic rings. The topological polar surface area (TPSA) is 89.8 Å². The minimum absolute atomic E-state index is 0.0204. The number of ether oxygens (including phenoxy) is 1. The van der Waals surface area contributed by atoms with Crippen LogP contribution in [0.3, 0.4) is 0 Å². The summed E-state index contributed by atoms with van der Waals surface area (Å²) in [6, 6.07) is 5.47. The summed E-state index contributed by atoms with van der Waals surface area (Å²) in [6.07, 6.45) is 3.46. The number of halogens is 1. The van der Waals surface area contributed by atoms with Gasteiger partial charge < -0.3 is 14.6 Å². The maximum Gasteiger partial charge on any atom is 0.283 e. The summed E-state index contributed by atoms with van der Waals surface area (Å²) in [5.74, 6) is -0.892. The second-order valence-electron chi connectivity index (χ2n) is 6.44. The van der Waals surface area contributed by atoms with Crippen molar-refractivity contribution >= 4 is 27.8 Å². The third-order valence-corrected chi connectivity index (χ3v) is 5.52. The van der Waals surface area contributed by atoms with E-state index in [2.05, 4.69) is 9.71 Å². The summed E-state index contributed by atoms with van der Waals surface area (Å²) in [4.78, 5) is 12.4. The second kappa shape index (κ2) is 7.61. The molecule has 1 saturated heterocycles. The molecule has 0 spiro atoms. The van der Waals surface area contributed by atoms with E-state index in [0.29, 0.717) is 24.5 Å². The second-order valence-corrected chi connectivity index (χ2v) is 8.08. The highest BCUT2D eigenvalue weighted by Crippen LogP contribution is 2.19. The van der Waals surface area contributed by atoms with Crippen molar-refractivity contribution in [2.75, 3.05) is 18.5 Å². The number of nitrogens with zero attached hydrogens (tertiary/aromatic N) is 2. The molecule has 144 valence electrons. The van der Waals surface area contributed by atoms with Crippen molar-refractivity contribution in [2.24, 2.45) is 17.4 Å². The first-order chi connectivity index (χ1) is 12.8. The smallest absolute Gasteiger partial charge is 0.283 e. The Morgan fingerprint density at radius 1 is 1.41 bits per heavy atom. The van der Waals surface area contributed by atoms with Crippen LogP contribution >= 0.6 is 0 Å². The summed E-state index contributed by atoms with van der Waals surface area (Å²) >= 11 is 0. The van der Waals surface area contributed by atoms with E-state index in [1.54, 1.807) is 14.0 Å². The van der Waals surface area contributed by atoms with Gasteiger partial charge in [0.25, 0.3) is 15.9 Å². The number of amides is 1. The number of carbonyl (C=O) groups is 1. The molecule has 1 aliphatic heterocycles. The Balaban J connectivity index is 1.78. The van der Waals surface area contributed by atoms with E-state index < -0.39 is 15.9 Å². The van der Waals surface area contributed by atoms with Gasteiger partial charge in [-0.05, 0) is 43.2 Å². The van der Waals surface area contributed by atoms with E-state index in [-0.39, 0.29) is 22.3 Å². The maximum atomic E-state index is 13.3. The lowest BCUT2D eigenvalue weighted by atomic mass is 10.1. The molecule has 0 radical (unpaired) electrons.